The Morgan fingerprint density at radius 2 is 1.96 bits per heavy atom. The lowest BCUT2D eigenvalue weighted by atomic mass is 10.1. The summed E-state index contributed by atoms with van der Waals surface area (Å²) in [4.78, 5) is 37.3. The molecule has 1 aliphatic rings. The number of nitrogens with zero attached hydrogens (tertiary/aromatic N) is 4. The molecule has 0 saturated carbocycles. The van der Waals surface area contributed by atoms with Crippen molar-refractivity contribution >= 4 is 17.8 Å². The maximum absolute atomic E-state index is 12.3. The summed E-state index contributed by atoms with van der Waals surface area (Å²) in [6.45, 7) is 5.12. The highest BCUT2D eigenvalue weighted by molar-refractivity contribution is 6.22. The number of hydrogen-bond donors (Lipinski definition) is 1. The van der Waals surface area contributed by atoms with Gasteiger partial charge in [0.1, 0.15) is 17.6 Å². The zero-order valence-corrected chi connectivity index (χ0v) is 12.9. The van der Waals surface area contributed by atoms with Gasteiger partial charge in [-0.15, -0.1) is 0 Å². The van der Waals surface area contributed by atoms with E-state index in [1.807, 2.05) is 6.92 Å². The highest BCUT2D eigenvalue weighted by atomic mass is 16.5. The fourth-order valence-corrected chi connectivity index (χ4v) is 2.10. The molecule has 0 aliphatic carbocycles. The van der Waals surface area contributed by atoms with Gasteiger partial charge in [-0.3, -0.25) is 9.78 Å². The maximum atomic E-state index is 12.3. The zero-order chi connectivity index (χ0) is 16.6. The number of hydrogen-bond acceptors (Lipinski definition) is 6. The Morgan fingerprint density at radius 1 is 1.17 bits per heavy atom. The van der Waals surface area contributed by atoms with E-state index in [-0.39, 0.29) is 17.6 Å². The van der Waals surface area contributed by atoms with Gasteiger partial charge in [0.15, 0.2) is 5.82 Å². The number of rotatable bonds is 3. The van der Waals surface area contributed by atoms with Gasteiger partial charge in [-0.2, -0.15) is 0 Å². The molecule has 0 radical (unpaired) electrons. The van der Waals surface area contributed by atoms with E-state index in [1.165, 1.54) is 12.4 Å². The van der Waals surface area contributed by atoms with Gasteiger partial charge in [0.25, 0.3) is 5.91 Å². The van der Waals surface area contributed by atoms with Gasteiger partial charge < -0.3 is 10.1 Å². The van der Waals surface area contributed by atoms with Gasteiger partial charge in [-0.05, 0) is 32.9 Å². The van der Waals surface area contributed by atoms with Crippen molar-refractivity contribution < 1.29 is 14.3 Å². The Hall–Kier alpha value is -3.03. The third-order valence-electron chi connectivity index (χ3n) is 3.32. The second kappa shape index (κ2) is 5.31. The monoisotopic (exact) mass is 313 g/mol. The average molecular weight is 313 g/mol. The number of urea groups is 1. The average Bonchev–Trinajstić information content (AvgIpc) is 2.70. The zero-order valence-electron chi connectivity index (χ0n) is 12.9. The second-order valence-electron chi connectivity index (χ2n) is 5.65. The van der Waals surface area contributed by atoms with Gasteiger partial charge in [0, 0.05) is 11.8 Å². The Morgan fingerprint density at radius 3 is 2.57 bits per heavy atom. The lowest BCUT2D eigenvalue weighted by Gasteiger charge is -2.15. The highest BCUT2D eigenvalue weighted by Gasteiger charge is 2.45. The van der Waals surface area contributed by atoms with Crippen LogP contribution in [0.3, 0.4) is 0 Å². The first-order chi connectivity index (χ1) is 10.9. The molecular weight excluding hydrogens is 298 g/mol. The standard InChI is InChI=1S/C15H15N5O3/c1-9-4-5-10(7-16-9)23-12-6-11(17-8-18-12)20-13(21)15(2,3)19-14(20)22/h4-8H,1-3H3,(H,19,22). The lowest BCUT2D eigenvalue weighted by molar-refractivity contribution is -0.121. The number of ether oxygens (including phenoxy) is 1. The normalized spacial score (nSPS) is 16.4. The molecule has 8 heteroatoms. The second-order valence-corrected chi connectivity index (χ2v) is 5.65. The quantitative estimate of drug-likeness (QED) is 0.868. The predicted molar refractivity (Wildman–Crippen MR) is 81.2 cm³/mol. The van der Waals surface area contributed by atoms with Crippen LogP contribution in [0.5, 0.6) is 11.6 Å². The van der Waals surface area contributed by atoms with Gasteiger partial charge in [-0.1, -0.05) is 0 Å². The van der Waals surface area contributed by atoms with E-state index in [4.69, 9.17) is 4.74 Å². The van der Waals surface area contributed by atoms with Gasteiger partial charge in [-0.25, -0.2) is 19.7 Å². The predicted octanol–water partition coefficient (Wildman–Crippen LogP) is 1.81. The molecule has 3 rings (SSSR count). The van der Waals surface area contributed by atoms with Crippen LogP contribution in [-0.4, -0.2) is 32.4 Å². The molecular formula is C15H15N5O3. The van der Waals surface area contributed by atoms with E-state index < -0.39 is 11.6 Å². The first-order valence-electron chi connectivity index (χ1n) is 6.96. The van der Waals surface area contributed by atoms with Gasteiger partial charge in [0.2, 0.25) is 5.88 Å². The molecule has 3 heterocycles. The van der Waals surface area contributed by atoms with Crippen LogP contribution >= 0.6 is 0 Å². The third-order valence-corrected chi connectivity index (χ3v) is 3.32. The Labute approximate surface area is 132 Å². The van der Waals surface area contributed by atoms with Crippen LogP contribution in [0.1, 0.15) is 19.5 Å². The molecule has 1 fully saturated rings. The number of nitrogens with one attached hydrogen (secondary N) is 1. The molecule has 8 nitrogen and oxygen atoms in total. The number of carbonyl (C=O) groups excluding carboxylic acids is 2. The first-order valence-corrected chi connectivity index (χ1v) is 6.96. The van der Waals surface area contributed by atoms with Crippen molar-refractivity contribution in [2.75, 3.05) is 4.90 Å². The number of carbonyl (C=O) groups is 2. The molecule has 0 atom stereocenters. The molecule has 118 valence electrons. The Bertz CT molecular complexity index is 773. The van der Waals surface area contributed by atoms with E-state index in [2.05, 4.69) is 20.3 Å². The molecule has 1 saturated heterocycles. The number of anilines is 1. The van der Waals surface area contributed by atoms with Crippen molar-refractivity contribution in [3.8, 4) is 11.6 Å². The van der Waals surface area contributed by atoms with Crippen molar-refractivity contribution in [2.24, 2.45) is 0 Å². The number of amides is 3. The summed E-state index contributed by atoms with van der Waals surface area (Å²) in [6, 6.07) is 4.46. The van der Waals surface area contributed by atoms with Crippen LogP contribution in [0, 0.1) is 6.92 Å². The maximum Gasteiger partial charge on any atom is 0.330 e. The van der Waals surface area contributed by atoms with E-state index in [1.54, 1.807) is 32.2 Å². The molecule has 0 aromatic carbocycles. The SMILES string of the molecule is Cc1ccc(Oc2cc(N3C(=O)NC(C)(C)C3=O)ncn2)cn1. The molecule has 1 N–H and O–H groups in total. The van der Waals surface area contributed by atoms with Crippen molar-refractivity contribution in [1.29, 1.82) is 0 Å². The number of aryl methyl sites for hydroxylation is 1. The van der Waals surface area contributed by atoms with Crippen LogP contribution in [-0.2, 0) is 4.79 Å². The van der Waals surface area contributed by atoms with Gasteiger partial charge in [0.05, 0.1) is 6.20 Å². The minimum absolute atomic E-state index is 0.156. The largest absolute Gasteiger partial charge is 0.437 e. The van der Waals surface area contributed by atoms with Crippen molar-refractivity contribution in [2.45, 2.75) is 26.3 Å². The van der Waals surface area contributed by atoms with E-state index in [9.17, 15) is 9.59 Å². The molecule has 2 aromatic heterocycles. The Kier molecular flexibility index (Phi) is 3.44. The molecule has 1 aliphatic heterocycles. The van der Waals surface area contributed by atoms with Crippen LogP contribution < -0.4 is 15.0 Å². The minimum atomic E-state index is -0.968. The summed E-state index contributed by atoms with van der Waals surface area (Å²) >= 11 is 0. The van der Waals surface area contributed by atoms with E-state index in [0.29, 0.717) is 5.75 Å². The summed E-state index contributed by atoms with van der Waals surface area (Å²) in [5.74, 6) is 0.482. The molecule has 3 amide bonds. The first kappa shape index (κ1) is 14.9. The molecule has 0 spiro atoms. The smallest absolute Gasteiger partial charge is 0.330 e. The van der Waals surface area contributed by atoms with Crippen molar-refractivity contribution in [1.82, 2.24) is 20.3 Å². The van der Waals surface area contributed by atoms with Crippen molar-refractivity contribution in [3.63, 3.8) is 0 Å². The fraction of sp³-hybridized carbons (Fsp3) is 0.267. The summed E-state index contributed by atoms with van der Waals surface area (Å²) in [6.07, 6.45) is 2.80. The van der Waals surface area contributed by atoms with Crippen molar-refractivity contribution in [3.05, 3.63) is 36.4 Å². The summed E-state index contributed by atoms with van der Waals surface area (Å²) in [7, 11) is 0. The molecule has 23 heavy (non-hydrogen) atoms. The van der Waals surface area contributed by atoms with Gasteiger partial charge >= 0.3 is 6.03 Å². The van der Waals surface area contributed by atoms with Crippen LogP contribution in [0.15, 0.2) is 30.7 Å². The molecule has 0 unspecified atom stereocenters. The lowest BCUT2D eigenvalue weighted by Crippen LogP contribution is -2.40. The minimum Gasteiger partial charge on any atom is -0.437 e. The Balaban J connectivity index is 1.87. The molecule has 0 bridgehead atoms. The highest BCUT2D eigenvalue weighted by Crippen LogP contribution is 2.26. The molecule has 2 aromatic rings. The summed E-state index contributed by atoms with van der Waals surface area (Å²) in [5.41, 5.74) is -0.105. The van der Waals surface area contributed by atoms with Crippen LogP contribution in [0.2, 0.25) is 0 Å². The topological polar surface area (TPSA) is 97.3 Å². The number of imide groups is 1. The summed E-state index contributed by atoms with van der Waals surface area (Å²) < 4.78 is 5.57. The van der Waals surface area contributed by atoms with Crippen LogP contribution in [0.4, 0.5) is 10.6 Å². The number of pyridine rings is 1. The third kappa shape index (κ3) is 2.83. The van der Waals surface area contributed by atoms with Crippen LogP contribution in [0.25, 0.3) is 0 Å². The fourth-order valence-electron chi connectivity index (χ4n) is 2.10. The summed E-state index contributed by atoms with van der Waals surface area (Å²) in [5, 5.41) is 2.59. The number of aromatic nitrogens is 3. The van der Waals surface area contributed by atoms with E-state index >= 15 is 0 Å². The van der Waals surface area contributed by atoms with E-state index in [0.717, 1.165) is 10.6 Å².